The Labute approximate surface area is 201 Å². The maximum absolute atomic E-state index is 12.7. The van der Waals surface area contributed by atoms with Gasteiger partial charge in [-0.15, -0.1) is 0 Å². The lowest BCUT2D eigenvalue weighted by Gasteiger charge is -2.12. The Bertz CT molecular complexity index is 1280. The summed E-state index contributed by atoms with van der Waals surface area (Å²) in [7, 11) is 1.58. The van der Waals surface area contributed by atoms with E-state index in [-0.39, 0.29) is 29.9 Å². The summed E-state index contributed by atoms with van der Waals surface area (Å²) in [4.78, 5) is 39.0. The van der Waals surface area contributed by atoms with Gasteiger partial charge in [0.1, 0.15) is 11.4 Å². The van der Waals surface area contributed by atoms with Crippen molar-refractivity contribution >= 4 is 34.9 Å². The van der Waals surface area contributed by atoms with Gasteiger partial charge < -0.3 is 10.1 Å². The van der Waals surface area contributed by atoms with Crippen molar-refractivity contribution in [2.45, 2.75) is 13.8 Å². The quantitative estimate of drug-likeness (QED) is 0.519. The third kappa shape index (κ3) is 5.04. The molecule has 0 radical (unpaired) electrons. The number of hydrogen-bond acceptors (Lipinski definition) is 6. The van der Waals surface area contributed by atoms with Gasteiger partial charge >= 0.3 is 0 Å². The SMILES string of the molecule is COc1ccc(C)cc1-n1ccc(C(=O)NCCN2C(=O)S/C(=C/c3ccc(C)cc3)C2=O)n1. The highest BCUT2D eigenvalue weighted by Crippen LogP contribution is 2.32. The molecule has 0 unspecified atom stereocenters. The Morgan fingerprint density at radius 2 is 1.82 bits per heavy atom. The van der Waals surface area contributed by atoms with Crippen LogP contribution in [0.2, 0.25) is 0 Å². The minimum Gasteiger partial charge on any atom is -0.494 e. The number of ether oxygens (including phenoxy) is 1. The van der Waals surface area contributed by atoms with Crippen molar-refractivity contribution in [3.8, 4) is 11.4 Å². The van der Waals surface area contributed by atoms with Crippen LogP contribution in [0.3, 0.4) is 0 Å². The van der Waals surface area contributed by atoms with E-state index in [1.165, 1.54) is 0 Å². The van der Waals surface area contributed by atoms with Gasteiger partial charge in [0, 0.05) is 19.3 Å². The number of aryl methyl sites for hydroxylation is 2. The van der Waals surface area contributed by atoms with Crippen LogP contribution in [0.1, 0.15) is 27.2 Å². The van der Waals surface area contributed by atoms with Gasteiger partial charge in [0.05, 0.1) is 12.0 Å². The van der Waals surface area contributed by atoms with Gasteiger partial charge in [-0.25, -0.2) is 4.68 Å². The minimum absolute atomic E-state index is 0.0774. The number of carbonyl (C=O) groups is 3. The number of nitrogens with one attached hydrogen (secondary N) is 1. The zero-order valence-electron chi connectivity index (χ0n) is 19.1. The number of rotatable bonds is 7. The lowest BCUT2D eigenvalue weighted by Crippen LogP contribution is -2.37. The molecular weight excluding hydrogens is 452 g/mol. The van der Waals surface area contributed by atoms with Gasteiger partial charge in [-0.05, 0) is 61.0 Å². The highest BCUT2D eigenvalue weighted by atomic mass is 32.2. The van der Waals surface area contributed by atoms with E-state index in [0.29, 0.717) is 10.7 Å². The molecule has 1 aliphatic rings. The number of aromatic nitrogens is 2. The molecule has 1 N–H and O–H groups in total. The molecule has 8 nitrogen and oxygen atoms in total. The average Bonchev–Trinajstić information content (AvgIpc) is 3.41. The molecule has 3 amide bonds. The molecule has 1 aromatic heterocycles. The van der Waals surface area contributed by atoms with Crippen molar-refractivity contribution in [1.82, 2.24) is 20.0 Å². The van der Waals surface area contributed by atoms with Gasteiger partial charge in [-0.2, -0.15) is 5.10 Å². The molecule has 0 spiro atoms. The second-order valence-electron chi connectivity index (χ2n) is 7.82. The predicted molar refractivity (Wildman–Crippen MR) is 131 cm³/mol. The number of thioether (sulfide) groups is 1. The van der Waals surface area contributed by atoms with Crippen LogP contribution < -0.4 is 10.1 Å². The molecule has 3 aromatic rings. The van der Waals surface area contributed by atoms with E-state index >= 15 is 0 Å². The Morgan fingerprint density at radius 3 is 2.56 bits per heavy atom. The molecular formula is C25H24N4O4S. The summed E-state index contributed by atoms with van der Waals surface area (Å²) in [5, 5.41) is 6.71. The topological polar surface area (TPSA) is 93.5 Å². The predicted octanol–water partition coefficient (Wildman–Crippen LogP) is 3.96. The second kappa shape index (κ2) is 9.96. The highest BCUT2D eigenvalue weighted by Gasteiger charge is 2.34. The fourth-order valence-corrected chi connectivity index (χ4v) is 4.30. The van der Waals surface area contributed by atoms with Crippen LogP contribution >= 0.6 is 11.8 Å². The molecule has 174 valence electrons. The zero-order valence-corrected chi connectivity index (χ0v) is 19.9. The summed E-state index contributed by atoms with van der Waals surface area (Å²) in [6, 6.07) is 15.0. The molecule has 0 atom stereocenters. The molecule has 9 heteroatoms. The van der Waals surface area contributed by atoms with E-state index in [2.05, 4.69) is 10.4 Å². The normalized spacial score (nSPS) is 14.7. The van der Waals surface area contributed by atoms with Crippen molar-refractivity contribution < 1.29 is 19.1 Å². The largest absolute Gasteiger partial charge is 0.494 e. The standard InChI is InChI=1S/C25H24N4O4S/c1-16-4-7-18(8-5-16)15-22-24(31)28(25(32)34-22)13-11-26-23(30)19-10-12-29(27-19)20-14-17(2)6-9-21(20)33-3/h4-10,12,14-15H,11,13H2,1-3H3,(H,26,30)/b22-15+. The van der Waals surface area contributed by atoms with Crippen LogP contribution in [0.5, 0.6) is 5.75 Å². The number of hydrogen-bond donors (Lipinski definition) is 1. The van der Waals surface area contributed by atoms with Gasteiger partial charge in [-0.3, -0.25) is 19.3 Å². The van der Waals surface area contributed by atoms with Gasteiger partial charge in [0.15, 0.2) is 5.69 Å². The number of amides is 3. The molecule has 1 fully saturated rings. The first-order chi connectivity index (χ1) is 16.4. The second-order valence-corrected chi connectivity index (χ2v) is 8.81. The number of carbonyl (C=O) groups excluding carboxylic acids is 3. The Hall–Kier alpha value is -3.85. The molecule has 2 heterocycles. The summed E-state index contributed by atoms with van der Waals surface area (Å²) in [6.07, 6.45) is 3.38. The monoisotopic (exact) mass is 476 g/mol. The number of methoxy groups -OCH3 is 1. The van der Waals surface area contributed by atoms with Crippen molar-refractivity contribution in [1.29, 1.82) is 0 Å². The number of nitrogens with zero attached hydrogens (tertiary/aromatic N) is 3. The van der Waals surface area contributed by atoms with Gasteiger partial charge in [0.2, 0.25) is 0 Å². The summed E-state index contributed by atoms with van der Waals surface area (Å²) in [5.41, 5.74) is 3.94. The maximum Gasteiger partial charge on any atom is 0.293 e. The first-order valence-electron chi connectivity index (χ1n) is 10.7. The van der Waals surface area contributed by atoms with Gasteiger partial charge in [-0.1, -0.05) is 35.9 Å². The highest BCUT2D eigenvalue weighted by molar-refractivity contribution is 8.18. The lowest BCUT2D eigenvalue weighted by atomic mass is 10.1. The van der Waals surface area contributed by atoms with Crippen LogP contribution in [0.15, 0.2) is 59.6 Å². The van der Waals surface area contributed by atoms with Crippen LogP contribution in [-0.4, -0.2) is 51.9 Å². The Kier molecular flexibility index (Phi) is 6.83. The van der Waals surface area contributed by atoms with Crippen molar-refractivity contribution in [2.75, 3.05) is 20.2 Å². The molecule has 0 aliphatic carbocycles. The number of imide groups is 1. The van der Waals surface area contributed by atoms with Crippen molar-refractivity contribution in [2.24, 2.45) is 0 Å². The third-order valence-corrected chi connectivity index (χ3v) is 6.18. The summed E-state index contributed by atoms with van der Waals surface area (Å²) < 4.78 is 6.96. The Balaban J connectivity index is 1.36. The summed E-state index contributed by atoms with van der Waals surface area (Å²) in [6.45, 7) is 4.14. The van der Waals surface area contributed by atoms with E-state index in [1.807, 2.05) is 56.3 Å². The first kappa shape index (κ1) is 23.3. The molecule has 34 heavy (non-hydrogen) atoms. The third-order valence-electron chi connectivity index (χ3n) is 5.27. The van der Waals surface area contributed by atoms with Crippen molar-refractivity contribution in [3.63, 3.8) is 0 Å². The molecule has 0 bridgehead atoms. The van der Waals surface area contributed by atoms with E-state index in [9.17, 15) is 14.4 Å². The smallest absolute Gasteiger partial charge is 0.293 e. The van der Waals surface area contributed by atoms with E-state index in [4.69, 9.17) is 4.74 Å². The summed E-state index contributed by atoms with van der Waals surface area (Å²) in [5.74, 6) is -0.119. The van der Waals surface area contributed by atoms with E-state index in [0.717, 1.165) is 39.0 Å². The van der Waals surface area contributed by atoms with Crippen molar-refractivity contribution in [3.05, 3.63) is 82.0 Å². The van der Waals surface area contributed by atoms with E-state index in [1.54, 1.807) is 30.1 Å². The van der Waals surface area contributed by atoms with Crippen LogP contribution in [-0.2, 0) is 4.79 Å². The first-order valence-corrected chi connectivity index (χ1v) is 11.5. The molecule has 0 saturated carbocycles. The Morgan fingerprint density at radius 1 is 1.09 bits per heavy atom. The molecule has 1 aliphatic heterocycles. The maximum atomic E-state index is 12.7. The van der Waals surface area contributed by atoms with Crippen LogP contribution in [0.25, 0.3) is 11.8 Å². The lowest BCUT2D eigenvalue weighted by molar-refractivity contribution is -0.122. The van der Waals surface area contributed by atoms with Crippen LogP contribution in [0.4, 0.5) is 4.79 Å². The zero-order chi connectivity index (χ0) is 24.2. The van der Waals surface area contributed by atoms with E-state index < -0.39 is 5.91 Å². The van der Waals surface area contributed by atoms with Crippen LogP contribution in [0, 0.1) is 13.8 Å². The minimum atomic E-state index is -0.396. The number of benzene rings is 2. The summed E-state index contributed by atoms with van der Waals surface area (Å²) >= 11 is 0.900. The fraction of sp³-hybridized carbons (Fsp3) is 0.200. The molecule has 1 saturated heterocycles. The molecule has 2 aromatic carbocycles. The molecule has 4 rings (SSSR count). The van der Waals surface area contributed by atoms with Gasteiger partial charge in [0.25, 0.3) is 17.1 Å². The average molecular weight is 477 g/mol. The fourth-order valence-electron chi connectivity index (χ4n) is 3.44.